The maximum atomic E-state index is 12.8. The van der Waals surface area contributed by atoms with Gasteiger partial charge in [0, 0.05) is 12.2 Å². The van der Waals surface area contributed by atoms with Crippen LogP contribution in [0.3, 0.4) is 0 Å². The first-order chi connectivity index (χ1) is 14.6. The van der Waals surface area contributed by atoms with Crippen LogP contribution in [0, 0.1) is 0 Å². The van der Waals surface area contributed by atoms with Gasteiger partial charge in [-0.25, -0.2) is 0 Å². The zero-order chi connectivity index (χ0) is 20.9. The summed E-state index contributed by atoms with van der Waals surface area (Å²) in [6, 6.07) is 21.3. The average Bonchev–Trinajstić information content (AvgIpc) is 2.77. The van der Waals surface area contributed by atoms with Crippen molar-refractivity contribution < 1.29 is 14.3 Å². The molecule has 1 heterocycles. The second-order valence-electron chi connectivity index (χ2n) is 7.36. The second kappa shape index (κ2) is 8.86. The maximum Gasteiger partial charge on any atom is 0.262 e. The summed E-state index contributed by atoms with van der Waals surface area (Å²) in [5, 5.41) is 8.03. The van der Waals surface area contributed by atoms with E-state index in [4.69, 9.17) is 4.74 Å². The van der Waals surface area contributed by atoms with Crippen LogP contribution in [0.1, 0.15) is 13.3 Å². The minimum absolute atomic E-state index is 0.130. The van der Waals surface area contributed by atoms with E-state index in [0.717, 1.165) is 28.6 Å². The van der Waals surface area contributed by atoms with Crippen molar-refractivity contribution in [2.75, 3.05) is 29.9 Å². The zero-order valence-electron chi connectivity index (χ0n) is 16.9. The molecule has 0 aromatic heterocycles. The molecule has 1 aliphatic heterocycles. The Morgan fingerprint density at radius 1 is 1.03 bits per heavy atom. The summed E-state index contributed by atoms with van der Waals surface area (Å²) in [7, 11) is 0. The number of carbonyl (C=O) groups excluding carboxylic acids is 2. The van der Waals surface area contributed by atoms with Crippen molar-refractivity contribution in [3.05, 3.63) is 66.7 Å². The highest BCUT2D eigenvalue weighted by atomic mass is 16.5. The van der Waals surface area contributed by atoms with E-state index < -0.39 is 6.10 Å². The van der Waals surface area contributed by atoms with Crippen molar-refractivity contribution in [1.29, 1.82) is 0 Å². The Morgan fingerprint density at radius 2 is 1.80 bits per heavy atom. The van der Waals surface area contributed by atoms with E-state index in [2.05, 4.69) is 10.6 Å². The van der Waals surface area contributed by atoms with E-state index in [0.29, 0.717) is 18.8 Å². The second-order valence-corrected chi connectivity index (χ2v) is 7.36. The summed E-state index contributed by atoms with van der Waals surface area (Å²) < 4.78 is 5.88. The van der Waals surface area contributed by atoms with Gasteiger partial charge in [0.15, 0.2) is 6.10 Å². The number of hydrogen-bond acceptors (Lipinski definition) is 4. The van der Waals surface area contributed by atoms with Crippen molar-refractivity contribution in [2.45, 2.75) is 19.4 Å². The smallest absolute Gasteiger partial charge is 0.262 e. The molecule has 0 bridgehead atoms. The number of para-hydroxylation sites is 2. The highest BCUT2D eigenvalue weighted by Crippen LogP contribution is 2.33. The molecular weight excluding hydrogens is 378 g/mol. The fourth-order valence-corrected chi connectivity index (χ4v) is 3.60. The Hall–Kier alpha value is -3.54. The van der Waals surface area contributed by atoms with Crippen LogP contribution in [0.15, 0.2) is 66.7 Å². The van der Waals surface area contributed by atoms with Crippen LogP contribution in [-0.4, -0.2) is 37.6 Å². The molecular formula is C24H25N3O3. The number of nitrogens with zero attached hydrogens (tertiary/aromatic N) is 1. The van der Waals surface area contributed by atoms with Crippen molar-refractivity contribution in [3.8, 4) is 5.75 Å². The molecule has 0 aliphatic carbocycles. The van der Waals surface area contributed by atoms with Gasteiger partial charge in [0.1, 0.15) is 5.75 Å². The molecule has 1 aliphatic rings. The number of hydrogen-bond donors (Lipinski definition) is 2. The predicted molar refractivity (Wildman–Crippen MR) is 119 cm³/mol. The third kappa shape index (κ3) is 4.38. The van der Waals surface area contributed by atoms with E-state index in [-0.39, 0.29) is 18.4 Å². The van der Waals surface area contributed by atoms with Crippen LogP contribution >= 0.6 is 0 Å². The standard InChI is InChI=1S/C24H25N3O3/c1-2-13-25-24(29)22-15-27(20-9-5-6-10-21(20)30-22)16-23(28)26-19-12-11-17-7-3-4-8-18(17)14-19/h3-12,14,22H,2,13,15-16H2,1H3,(H,25,29)(H,26,28)/t22-/m0/s1. The lowest BCUT2D eigenvalue weighted by molar-refractivity contribution is -0.128. The van der Waals surface area contributed by atoms with E-state index in [1.807, 2.05) is 78.6 Å². The summed E-state index contributed by atoms with van der Waals surface area (Å²) in [5.41, 5.74) is 1.56. The molecule has 4 rings (SSSR count). The van der Waals surface area contributed by atoms with Crippen LogP contribution in [0.25, 0.3) is 10.8 Å². The van der Waals surface area contributed by atoms with Gasteiger partial charge in [0.2, 0.25) is 5.91 Å². The topological polar surface area (TPSA) is 70.7 Å². The number of amides is 2. The van der Waals surface area contributed by atoms with Crippen LogP contribution in [0.2, 0.25) is 0 Å². The van der Waals surface area contributed by atoms with Gasteiger partial charge in [-0.1, -0.05) is 49.4 Å². The number of carbonyl (C=O) groups is 2. The van der Waals surface area contributed by atoms with Gasteiger partial charge in [-0.2, -0.15) is 0 Å². The Kier molecular flexibility index (Phi) is 5.84. The quantitative estimate of drug-likeness (QED) is 0.660. The molecule has 30 heavy (non-hydrogen) atoms. The van der Waals surface area contributed by atoms with Crippen molar-refractivity contribution >= 4 is 34.0 Å². The van der Waals surface area contributed by atoms with Crippen molar-refractivity contribution in [2.24, 2.45) is 0 Å². The number of nitrogens with one attached hydrogen (secondary N) is 2. The minimum atomic E-state index is -0.653. The number of ether oxygens (including phenoxy) is 1. The Morgan fingerprint density at radius 3 is 2.63 bits per heavy atom. The van der Waals surface area contributed by atoms with Crippen LogP contribution in [0.5, 0.6) is 5.75 Å². The third-order valence-electron chi connectivity index (χ3n) is 5.07. The van der Waals surface area contributed by atoms with Gasteiger partial charge in [-0.15, -0.1) is 0 Å². The van der Waals surface area contributed by atoms with Gasteiger partial charge in [0.25, 0.3) is 5.91 Å². The molecule has 0 spiro atoms. The monoisotopic (exact) mass is 403 g/mol. The van der Waals surface area contributed by atoms with Gasteiger partial charge in [-0.3, -0.25) is 9.59 Å². The highest BCUT2D eigenvalue weighted by molar-refractivity contribution is 5.97. The molecule has 1 atom stereocenters. The predicted octanol–water partition coefficient (Wildman–Crippen LogP) is 3.57. The highest BCUT2D eigenvalue weighted by Gasteiger charge is 2.31. The summed E-state index contributed by atoms with van der Waals surface area (Å²) in [5.74, 6) is 0.305. The third-order valence-corrected chi connectivity index (χ3v) is 5.07. The molecule has 2 amide bonds. The first-order valence-corrected chi connectivity index (χ1v) is 10.2. The molecule has 0 saturated heterocycles. The van der Waals surface area contributed by atoms with Crippen molar-refractivity contribution in [3.63, 3.8) is 0 Å². The minimum Gasteiger partial charge on any atom is -0.477 e. The van der Waals surface area contributed by atoms with Gasteiger partial charge in [-0.05, 0) is 41.5 Å². The zero-order valence-corrected chi connectivity index (χ0v) is 16.9. The normalized spacial score (nSPS) is 15.2. The fraction of sp³-hybridized carbons (Fsp3) is 0.250. The van der Waals surface area contributed by atoms with E-state index in [1.54, 1.807) is 0 Å². The Bertz CT molecular complexity index is 1070. The lowest BCUT2D eigenvalue weighted by atomic mass is 10.1. The first kappa shape index (κ1) is 19.8. The molecule has 0 unspecified atom stereocenters. The molecule has 6 heteroatoms. The fourth-order valence-electron chi connectivity index (χ4n) is 3.60. The first-order valence-electron chi connectivity index (χ1n) is 10.2. The average molecular weight is 403 g/mol. The molecule has 154 valence electrons. The SMILES string of the molecule is CCCNC(=O)[C@@H]1CN(CC(=O)Nc2ccc3ccccc3c2)c2ccccc2O1. The molecule has 3 aromatic rings. The summed E-state index contributed by atoms with van der Waals surface area (Å²) in [6.07, 6.45) is 0.201. The summed E-state index contributed by atoms with van der Waals surface area (Å²) in [4.78, 5) is 27.1. The van der Waals surface area contributed by atoms with Crippen LogP contribution in [-0.2, 0) is 9.59 Å². The van der Waals surface area contributed by atoms with Crippen LogP contribution < -0.4 is 20.3 Å². The van der Waals surface area contributed by atoms with E-state index in [1.165, 1.54) is 0 Å². The molecule has 0 fully saturated rings. The lowest BCUT2D eigenvalue weighted by Crippen LogP contribution is -2.50. The van der Waals surface area contributed by atoms with Crippen molar-refractivity contribution in [1.82, 2.24) is 5.32 Å². The molecule has 6 nitrogen and oxygen atoms in total. The molecule has 0 radical (unpaired) electrons. The maximum absolute atomic E-state index is 12.8. The molecule has 0 saturated carbocycles. The van der Waals surface area contributed by atoms with Gasteiger partial charge >= 0.3 is 0 Å². The number of rotatable bonds is 6. The molecule has 2 N–H and O–H groups in total. The molecule has 3 aromatic carbocycles. The Labute approximate surface area is 175 Å². The summed E-state index contributed by atoms with van der Waals surface area (Å²) in [6.45, 7) is 3.05. The van der Waals surface area contributed by atoms with Gasteiger partial charge in [0.05, 0.1) is 18.8 Å². The Balaban J connectivity index is 1.48. The lowest BCUT2D eigenvalue weighted by Gasteiger charge is -2.35. The van der Waals surface area contributed by atoms with Gasteiger partial charge < -0.3 is 20.3 Å². The number of anilines is 2. The van der Waals surface area contributed by atoms with E-state index >= 15 is 0 Å². The number of fused-ring (bicyclic) bond motifs is 2. The van der Waals surface area contributed by atoms with Crippen LogP contribution in [0.4, 0.5) is 11.4 Å². The largest absolute Gasteiger partial charge is 0.477 e. The summed E-state index contributed by atoms with van der Waals surface area (Å²) >= 11 is 0. The van der Waals surface area contributed by atoms with E-state index in [9.17, 15) is 9.59 Å². The number of benzene rings is 3.